The van der Waals surface area contributed by atoms with E-state index in [9.17, 15) is 54.6 Å². The van der Waals surface area contributed by atoms with Crippen molar-refractivity contribution in [1.82, 2.24) is 0 Å². The molecule has 5 rings (SSSR count). The second-order valence-corrected chi connectivity index (χ2v) is 12.7. The summed E-state index contributed by atoms with van der Waals surface area (Å²) in [6.07, 6.45) is -17.5. The predicted molar refractivity (Wildman–Crippen MR) is 171 cm³/mol. The van der Waals surface area contributed by atoms with Crippen LogP contribution in [0.15, 0.2) is 42.7 Å². The van der Waals surface area contributed by atoms with Gasteiger partial charge in [0.05, 0.1) is 25.4 Å². The van der Waals surface area contributed by atoms with Gasteiger partial charge in [0.25, 0.3) is 0 Å². The van der Waals surface area contributed by atoms with Crippen molar-refractivity contribution in [3.8, 4) is 11.5 Å². The third kappa shape index (κ3) is 8.53. The Bertz CT molecular complexity index is 1680. The smallest absolute Gasteiger partial charge is 0.342 e. The molecule has 55 heavy (non-hydrogen) atoms. The molecule has 1 aromatic rings. The molecule has 0 aliphatic carbocycles. The van der Waals surface area contributed by atoms with Crippen molar-refractivity contribution in [2.24, 2.45) is 5.92 Å². The monoisotopic (exact) mass is 784 g/mol. The van der Waals surface area contributed by atoms with E-state index in [4.69, 9.17) is 47.4 Å². The number of aliphatic hydroxyl groups excluding tert-OH is 4. The highest BCUT2D eigenvalue weighted by atomic mass is 16.8. The number of cyclic esters (lactones) is 1. The van der Waals surface area contributed by atoms with Gasteiger partial charge in [-0.1, -0.05) is 12.1 Å². The molecule has 21 nitrogen and oxygen atoms in total. The number of ether oxygens (including phenoxy) is 10. The average molecular weight is 785 g/mol. The van der Waals surface area contributed by atoms with Crippen LogP contribution in [0.25, 0.3) is 0 Å². The van der Waals surface area contributed by atoms with Crippen LogP contribution in [0, 0.1) is 5.92 Å². The highest BCUT2D eigenvalue weighted by Crippen LogP contribution is 2.43. The van der Waals surface area contributed by atoms with Crippen molar-refractivity contribution in [3.63, 3.8) is 0 Å². The minimum absolute atomic E-state index is 0.0881. The standard InChI is InChI=1S/C34H40O21/c1-5-17-30(47-12-18-29(44)46-10-9-34(17,18)45)54-33-26(49-14(3)37)25(48-13(2)36)27(32(55-33)50-15(4)38)53-28(43)16-7-6-8-19(21(16)39)51-31-24(42)23(41)22(40)20(11-35)52-31/h5-8,12,17,20,22-27,30-33,35,39-42,45H,1,9-11H2,2-4H3/t17-,20+,22+,23+,24-,25+,26-,27+,30+,31-,32+,33+,34+/m1/s1. The first kappa shape index (κ1) is 41.3. The Labute approximate surface area is 311 Å². The molecule has 4 aliphatic rings. The van der Waals surface area contributed by atoms with E-state index in [-0.39, 0.29) is 18.6 Å². The number of rotatable bonds is 11. The Morgan fingerprint density at radius 1 is 0.873 bits per heavy atom. The van der Waals surface area contributed by atoms with Crippen LogP contribution >= 0.6 is 0 Å². The quantitative estimate of drug-likeness (QED) is 0.0799. The molecular weight excluding hydrogens is 744 g/mol. The molecule has 21 heteroatoms. The van der Waals surface area contributed by atoms with Gasteiger partial charge in [0.2, 0.25) is 31.3 Å². The number of aliphatic hydroxyl groups is 5. The number of hydrogen-bond acceptors (Lipinski definition) is 21. The maximum absolute atomic E-state index is 13.7. The number of esters is 5. The molecule has 0 spiro atoms. The van der Waals surface area contributed by atoms with E-state index in [1.807, 2.05) is 0 Å². The van der Waals surface area contributed by atoms with Crippen LogP contribution < -0.4 is 4.74 Å². The topological polar surface area (TPSA) is 299 Å². The molecule has 4 heterocycles. The molecule has 0 bridgehead atoms. The zero-order valence-corrected chi connectivity index (χ0v) is 29.5. The van der Waals surface area contributed by atoms with Crippen LogP contribution in [0.4, 0.5) is 0 Å². The summed E-state index contributed by atoms with van der Waals surface area (Å²) in [6.45, 7) is 5.67. The zero-order valence-electron chi connectivity index (χ0n) is 29.5. The number of aromatic hydroxyl groups is 1. The Balaban J connectivity index is 1.45. The lowest BCUT2D eigenvalue weighted by atomic mass is 9.76. The summed E-state index contributed by atoms with van der Waals surface area (Å²) in [6, 6.07) is 3.39. The molecular formula is C34H40O21. The van der Waals surface area contributed by atoms with Crippen LogP contribution in [0.5, 0.6) is 11.5 Å². The zero-order chi connectivity index (χ0) is 40.4. The molecule has 3 fully saturated rings. The Hall–Kier alpha value is -4.87. The number of carbonyl (C=O) groups is 5. The SMILES string of the molecule is C=C[C@@H]1[C@H](O[C@H]2O[C@H](OC(C)=O)[C@@H](OC(=O)c3cccc(O[C@@H]4O[C@@H](CO)[C@H](O)[C@H](O)[C@H]4O)c3O)[C@@H](OC(C)=O)[C@H]2OC(C)=O)OC=C2C(=O)OCC[C@@]21O. The minimum atomic E-state index is -1.98. The van der Waals surface area contributed by atoms with E-state index in [0.717, 1.165) is 39.2 Å². The second kappa shape index (κ2) is 16.9. The summed E-state index contributed by atoms with van der Waals surface area (Å²) in [5, 5.41) is 62.6. The number of fused-ring (bicyclic) bond motifs is 1. The Morgan fingerprint density at radius 2 is 1.53 bits per heavy atom. The molecule has 6 N–H and O–H groups in total. The highest BCUT2D eigenvalue weighted by molar-refractivity contribution is 5.93. The number of phenols is 1. The molecule has 0 aromatic heterocycles. The number of benzene rings is 1. The van der Waals surface area contributed by atoms with Gasteiger partial charge in [-0.2, -0.15) is 0 Å². The molecule has 0 amide bonds. The van der Waals surface area contributed by atoms with Crippen molar-refractivity contribution in [1.29, 1.82) is 0 Å². The summed E-state index contributed by atoms with van der Waals surface area (Å²) in [4.78, 5) is 63.2. The summed E-state index contributed by atoms with van der Waals surface area (Å²) < 4.78 is 54.9. The van der Waals surface area contributed by atoms with E-state index in [2.05, 4.69) is 6.58 Å². The first-order valence-electron chi connectivity index (χ1n) is 16.7. The molecule has 302 valence electrons. The summed E-state index contributed by atoms with van der Waals surface area (Å²) in [5.41, 5.74) is -2.74. The molecule has 13 atom stereocenters. The number of carbonyl (C=O) groups excluding carboxylic acids is 5. The number of phenolic OH excluding ortho intramolecular Hbond substituents is 1. The van der Waals surface area contributed by atoms with Crippen molar-refractivity contribution >= 4 is 29.8 Å². The van der Waals surface area contributed by atoms with Gasteiger partial charge in [-0.3, -0.25) is 14.4 Å². The van der Waals surface area contributed by atoms with E-state index in [0.29, 0.717) is 0 Å². The van der Waals surface area contributed by atoms with Gasteiger partial charge < -0.3 is 78.0 Å². The molecule has 0 unspecified atom stereocenters. The normalized spacial score (nSPS) is 35.7. The van der Waals surface area contributed by atoms with Crippen LogP contribution in [0.2, 0.25) is 0 Å². The van der Waals surface area contributed by atoms with E-state index in [1.54, 1.807) is 0 Å². The lowest BCUT2D eigenvalue weighted by molar-refractivity contribution is -0.371. The van der Waals surface area contributed by atoms with E-state index in [1.165, 1.54) is 12.1 Å². The first-order chi connectivity index (χ1) is 26.0. The Kier molecular flexibility index (Phi) is 12.7. The third-order valence-electron chi connectivity index (χ3n) is 8.98. The van der Waals surface area contributed by atoms with Crippen LogP contribution in [-0.2, 0) is 61.8 Å². The van der Waals surface area contributed by atoms with Crippen molar-refractivity contribution in [2.75, 3.05) is 13.2 Å². The predicted octanol–water partition coefficient (Wildman–Crippen LogP) is -2.06. The van der Waals surface area contributed by atoms with E-state index < -0.39 is 133 Å². The minimum Gasteiger partial charge on any atom is -0.504 e. The first-order valence-corrected chi connectivity index (χ1v) is 16.7. The second-order valence-electron chi connectivity index (χ2n) is 12.7. The third-order valence-corrected chi connectivity index (χ3v) is 8.98. The number of para-hydroxylation sites is 1. The Morgan fingerprint density at radius 3 is 2.16 bits per heavy atom. The molecule has 1 aromatic carbocycles. The maximum atomic E-state index is 13.7. The summed E-state index contributed by atoms with van der Waals surface area (Å²) >= 11 is 0. The lowest BCUT2D eigenvalue weighted by Gasteiger charge is -2.47. The molecule has 4 aliphatic heterocycles. The highest BCUT2D eigenvalue weighted by Gasteiger charge is 2.58. The van der Waals surface area contributed by atoms with Crippen molar-refractivity contribution in [2.45, 2.75) is 101 Å². The van der Waals surface area contributed by atoms with Crippen molar-refractivity contribution in [3.05, 3.63) is 48.3 Å². The van der Waals surface area contributed by atoms with Crippen LogP contribution in [-0.4, -0.2) is 147 Å². The largest absolute Gasteiger partial charge is 0.504 e. The van der Waals surface area contributed by atoms with Gasteiger partial charge in [0.1, 0.15) is 41.2 Å². The maximum Gasteiger partial charge on any atom is 0.342 e. The van der Waals surface area contributed by atoms with Crippen LogP contribution in [0.1, 0.15) is 37.6 Å². The van der Waals surface area contributed by atoms with Gasteiger partial charge >= 0.3 is 29.8 Å². The molecule has 0 saturated carbocycles. The fourth-order valence-corrected chi connectivity index (χ4v) is 6.36. The van der Waals surface area contributed by atoms with Gasteiger partial charge in [0, 0.05) is 27.2 Å². The molecule has 0 radical (unpaired) electrons. The lowest BCUT2D eigenvalue weighted by Crippen LogP contribution is -2.64. The van der Waals surface area contributed by atoms with Crippen molar-refractivity contribution < 1.29 is 102 Å². The van der Waals surface area contributed by atoms with E-state index >= 15 is 0 Å². The van der Waals surface area contributed by atoms with Crippen LogP contribution in [0.3, 0.4) is 0 Å². The summed E-state index contributed by atoms with van der Waals surface area (Å²) in [5.74, 6) is -7.83. The van der Waals surface area contributed by atoms with Gasteiger partial charge in [-0.05, 0) is 12.1 Å². The summed E-state index contributed by atoms with van der Waals surface area (Å²) in [7, 11) is 0. The van der Waals surface area contributed by atoms with Gasteiger partial charge in [-0.15, -0.1) is 6.58 Å². The van der Waals surface area contributed by atoms with Gasteiger partial charge in [-0.25, -0.2) is 9.59 Å². The fourth-order valence-electron chi connectivity index (χ4n) is 6.36. The fraction of sp³-hybridized carbons (Fsp3) is 0.559. The number of hydrogen-bond donors (Lipinski definition) is 6. The molecule has 3 saturated heterocycles. The average Bonchev–Trinajstić information content (AvgIpc) is 3.11. The van der Waals surface area contributed by atoms with Gasteiger partial charge in [0.15, 0.2) is 23.7 Å².